The number of fused-ring (bicyclic) bond motifs is 14. The van der Waals surface area contributed by atoms with Gasteiger partial charge >= 0.3 is 0 Å². The van der Waals surface area contributed by atoms with Crippen molar-refractivity contribution in [2.24, 2.45) is 0 Å². The zero-order valence-electron chi connectivity index (χ0n) is 29.1. The zero-order valence-corrected chi connectivity index (χ0v) is 29.1. The first-order valence-electron chi connectivity index (χ1n) is 18.1. The lowest BCUT2D eigenvalue weighted by Gasteiger charge is -2.23. The fraction of sp³-hybridized carbons (Fsp3) is 0.0625. The van der Waals surface area contributed by atoms with Gasteiger partial charge in [0.05, 0.1) is 28.0 Å². The molecule has 12 rings (SSSR count). The van der Waals surface area contributed by atoms with Crippen molar-refractivity contribution in [2.75, 3.05) is 0 Å². The van der Waals surface area contributed by atoms with E-state index in [2.05, 4.69) is 127 Å². The zero-order chi connectivity index (χ0) is 35.0. The number of rotatable bonds is 2. The maximum Gasteiger partial charge on any atom is 0.164 e. The summed E-state index contributed by atoms with van der Waals surface area (Å²) in [6.45, 7) is 4.71. The van der Waals surface area contributed by atoms with E-state index in [4.69, 9.17) is 14.4 Å². The highest BCUT2D eigenvalue weighted by Gasteiger charge is 2.38. The monoisotopic (exact) mass is 678 g/mol. The lowest BCUT2D eigenvalue weighted by Crippen LogP contribution is -2.15. The van der Waals surface area contributed by atoms with Crippen LogP contribution in [0.15, 0.2) is 150 Å². The third kappa shape index (κ3) is 3.73. The molecular formula is C48H30N4O. The number of pyridine rings is 1. The number of para-hydroxylation sites is 3. The molecule has 0 radical (unpaired) electrons. The first-order valence-corrected chi connectivity index (χ1v) is 18.1. The third-order valence-electron chi connectivity index (χ3n) is 11.7. The van der Waals surface area contributed by atoms with E-state index in [-0.39, 0.29) is 5.41 Å². The van der Waals surface area contributed by atoms with Crippen LogP contribution in [0.1, 0.15) is 25.0 Å². The van der Waals surface area contributed by atoms with Crippen LogP contribution in [-0.4, -0.2) is 19.5 Å². The van der Waals surface area contributed by atoms with Crippen LogP contribution in [0.25, 0.3) is 105 Å². The van der Waals surface area contributed by atoms with Gasteiger partial charge in [-0.1, -0.05) is 92.7 Å². The van der Waals surface area contributed by atoms with Crippen LogP contribution < -0.4 is 0 Å². The quantitative estimate of drug-likeness (QED) is 0.183. The standard InChI is InChI=1S/C48H30N4O/c1-48(2)37-17-6-3-12-28(37)33-25-41-34(24-38(33)48)35-23-36-30-14-5-8-19-42(30)53-46(36)44(47-50-22-20-39(51-47)27-11-10-21-49-26-27)43(35)32-16-9-15-31-29-13-4-7-18-40(29)52(41)45(31)32/h3-26H,1-2H3. The molecule has 1 aliphatic carbocycles. The summed E-state index contributed by atoms with van der Waals surface area (Å²) < 4.78 is 9.37. The van der Waals surface area contributed by atoms with Crippen molar-refractivity contribution in [2.45, 2.75) is 19.3 Å². The Morgan fingerprint density at radius 1 is 0.585 bits per heavy atom. The van der Waals surface area contributed by atoms with Gasteiger partial charge in [0.1, 0.15) is 11.2 Å². The smallest absolute Gasteiger partial charge is 0.164 e. The maximum absolute atomic E-state index is 6.87. The fourth-order valence-corrected chi connectivity index (χ4v) is 9.33. The summed E-state index contributed by atoms with van der Waals surface area (Å²) in [5, 5.41) is 4.54. The largest absolute Gasteiger partial charge is 0.455 e. The summed E-state index contributed by atoms with van der Waals surface area (Å²) in [5.74, 6) is 0.615. The molecule has 0 saturated heterocycles. The topological polar surface area (TPSA) is 56.7 Å². The second-order valence-corrected chi connectivity index (χ2v) is 14.8. The lowest BCUT2D eigenvalue weighted by molar-refractivity contribution is 0.660. The molecule has 0 spiro atoms. The molecule has 0 N–H and O–H groups in total. The summed E-state index contributed by atoms with van der Waals surface area (Å²) >= 11 is 0. The first-order chi connectivity index (χ1) is 26.1. The minimum atomic E-state index is -0.176. The molecule has 10 aromatic rings. The number of aromatic nitrogens is 4. The van der Waals surface area contributed by atoms with Crippen molar-refractivity contribution in [3.05, 3.63) is 157 Å². The summed E-state index contributed by atoms with van der Waals surface area (Å²) in [4.78, 5) is 14.7. The molecule has 5 heterocycles. The Morgan fingerprint density at radius 3 is 2.30 bits per heavy atom. The van der Waals surface area contributed by atoms with Crippen LogP contribution in [0.3, 0.4) is 0 Å². The molecule has 248 valence electrons. The average Bonchev–Trinajstić information content (AvgIpc) is 3.79. The number of furan rings is 1. The van der Waals surface area contributed by atoms with Gasteiger partial charge < -0.3 is 8.98 Å². The summed E-state index contributed by atoms with van der Waals surface area (Å²) in [6, 6.07) is 45.9. The van der Waals surface area contributed by atoms with Gasteiger partial charge in [-0.3, -0.25) is 4.98 Å². The van der Waals surface area contributed by atoms with E-state index >= 15 is 0 Å². The Hall–Kier alpha value is -6.85. The molecule has 5 heteroatoms. The molecular weight excluding hydrogens is 649 g/mol. The predicted molar refractivity (Wildman–Crippen MR) is 214 cm³/mol. The van der Waals surface area contributed by atoms with Crippen molar-refractivity contribution < 1.29 is 4.42 Å². The fourth-order valence-electron chi connectivity index (χ4n) is 9.33. The van der Waals surface area contributed by atoms with Gasteiger partial charge in [0, 0.05) is 67.8 Å². The first kappa shape index (κ1) is 28.8. The van der Waals surface area contributed by atoms with Gasteiger partial charge in [0.25, 0.3) is 0 Å². The van der Waals surface area contributed by atoms with Gasteiger partial charge in [-0.05, 0) is 76.3 Å². The minimum Gasteiger partial charge on any atom is -0.455 e. The van der Waals surface area contributed by atoms with Crippen LogP contribution in [0, 0.1) is 0 Å². The molecule has 0 saturated carbocycles. The summed E-state index contributed by atoms with van der Waals surface area (Å²) in [7, 11) is 0. The maximum atomic E-state index is 6.87. The third-order valence-corrected chi connectivity index (χ3v) is 11.7. The van der Waals surface area contributed by atoms with Crippen LogP contribution in [-0.2, 0) is 5.41 Å². The molecule has 0 amide bonds. The number of hydrogen-bond acceptors (Lipinski definition) is 4. The molecule has 6 aromatic carbocycles. The highest BCUT2D eigenvalue weighted by molar-refractivity contribution is 6.22. The Labute approximate surface area is 304 Å². The van der Waals surface area contributed by atoms with Crippen LogP contribution in [0.2, 0.25) is 0 Å². The van der Waals surface area contributed by atoms with E-state index in [1.807, 2.05) is 36.7 Å². The van der Waals surface area contributed by atoms with E-state index in [1.165, 1.54) is 49.6 Å². The highest BCUT2D eigenvalue weighted by Crippen LogP contribution is 2.56. The molecule has 0 bridgehead atoms. The number of benzene rings is 6. The van der Waals surface area contributed by atoms with Gasteiger partial charge in [-0.25, -0.2) is 9.97 Å². The van der Waals surface area contributed by atoms with E-state index in [9.17, 15) is 0 Å². The van der Waals surface area contributed by atoms with E-state index in [0.717, 1.165) is 61.1 Å². The molecule has 1 aliphatic heterocycles. The SMILES string of the molecule is CC1(C)c2ccccc2-c2cc3c(cc21)-c1cc2c(oc4ccccc42)c(-c2nccc(-c4cccnc4)n2)c1-c1cccc2c4ccccc4n-3c12. The van der Waals surface area contributed by atoms with Crippen molar-refractivity contribution in [1.29, 1.82) is 0 Å². The number of hydrogen-bond donors (Lipinski definition) is 0. The molecule has 0 atom stereocenters. The second kappa shape index (κ2) is 10.1. The van der Waals surface area contributed by atoms with E-state index < -0.39 is 0 Å². The number of nitrogens with zero attached hydrogens (tertiary/aromatic N) is 4. The molecule has 53 heavy (non-hydrogen) atoms. The molecule has 5 nitrogen and oxygen atoms in total. The van der Waals surface area contributed by atoms with Crippen LogP contribution in [0.4, 0.5) is 0 Å². The molecule has 0 fully saturated rings. The van der Waals surface area contributed by atoms with Gasteiger partial charge in [-0.15, -0.1) is 0 Å². The normalized spacial score (nSPS) is 13.6. The molecule has 0 unspecified atom stereocenters. The summed E-state index contributed by atoms with van der Waals surface area (Å²) in [5.41, 5.74) is 17.4. The van der Waals surface area contributed by atoms with Crippen molar-refractivity contribution >= 4 is 43.7 Å². The van der Waals surface area contributed by atoms with Crippen molar-refractivity contribution in [3.8, 4) is 61.7 Å². The average molecular weight is 679 g/mol. The van der Waals surface area contributed by atoms with Crippen molar-refractivity contribution in [3.63, 3.8) is 0 Å². The Morgan fingerprint density at radius 2 is 1.40 bits per heavy atom. The van der Waals surface area contributed by atoms with Crippen molar-refractivity contribution in [1.82, 2.24) is 19.5 Å². The van der Waals surface area contributed by atoms with Crippen LogP contribution in [0.5, 0.6) is 0 Å². The Balaban J connectivity index is 1.31. The van der Waals surface area contributed by atoms with E-state index in [0.29, 0.717) is 5.82 Å². The van der Waals surface area contributed by atoms with Gasteiger partial charge in [0.15, 0.2) is 5.82 Å². The van der Waals surface area contributed by atoms with Crippen LogP contribution >= 0.6 is 0 Å². The van der Waals surface area contributed by atoms with Gasteiger partial charge in [-0.2, -0.15) is 0 Å². The lowest BCUT2D eigenvalue weighted by atomic mass is 9.80. The second-order valence-electron chi connectivity index (χ2n) is 14.8. The molecule has 4 aromatic heterocycles. The summed E-state index contributed by atoms with van der Waals surface area (Å²) in [6.07, 6.45) is 5.49. The Kier molecular flexibility index (Phi) is 5.51. The molecule has 2 aliphatic rings. The predicted octanol–water partition coefficient (Wildman–Crippen LogP) is 12.2. The highest BCUT2D eigenvalue weighted by atomic mass is 16.3. The van der Waals surface area contributed by atoms with E-state index in [1.54, 1.807) is 6.20 Å². The minimum absolute atomic E-state index is 0.176. The van der Waals surface area contributed by atoms with Gasteiger partial charge in [0.2, 0.25) is 0 Å². The Bertz CT molecular complexity index is 3200.